The molecule has 3 aromatic rings. The average Bonchev–Trinajstić information content (AvgIpc) is 3.26. The van der Waals surface area contributed by atoms with Crippen molar-refractivity contribution in [3.8, 4) is 5.75 Å². The van der Waals surface area contributed by atoms with Gasteiger partial charge in [-0.3, -0.25) is 4.72 Å². The van der Waals surface area contributed by atoms with E-state index < -0.39 is 21.7 Å². The number of hydrogen-bond donors (Lipinski definition) is 1. The van der Waals surface area contributed by atoms with Gasteiger partial charge in [0.05, 0.1) is 12.8 Å². The number of anilines is 2. The molecule has 0 spiro atoms. The molecule has 1 saturated heterocycles. The van der Waals surface area contributed by atoms with Crippen molar-refractivity contribution in [3.05, 3.63) is 78.0 Å². The van der Waals surface area contributed by atoms with Gasteiger partial charge in [-0.15, -0.1) is 0 Å². The van der Waals surface area contributed by atoms with Crippen LogP contribution in [-0.4, -0.2) is 33.6 Å². The zero-order chi connectivity index (χ0) is 22.0. The number of sulfonamides is 1. The highest BCUT2D eigenvalue weighted by Gasteiger charge is 2.27. The Morgan fingerprint density at radius 1 is 1.10 bits per heavy atom. The first-order valence-electron chi connectivity index (χ1n) is 9.69. The number of rotatable bonds is 6. The molecule has 9 heteroatoms. The lowest BCUT2D eigenvalue weighted by atomic mass is 9.97. The second kappa shape index (κ2) is 8.50. The summed E-state index contributed by atoms with van der Waals surface area (Å²) in [6.07, 6.45) is 2.19. The van der Waals surface area contributed by atoms with Crippen molar-refractivity contribution < 1.29 is 21.9 Å². The van der Waals surface area contributed by atoms with Gasteiger partial charge in [0.15, 0.2) is 11.6 Å². The summed E-state index contributed by atoms with van der Waals surface area (Å²) >= 11 is 0. The topological polar surface area (TPSA) is 71.5 Å². The summed E-state index contributed by atoms with van der Waals surface area (Å²) in [7, 11) is -2.33. The monoisotopic (exact) mass is 445 g/mol. The van der Waals surface area contributed by atoms with Crippen molar-refractivity contribution >= 4 is 21.5 Å². The molecule has 162 valence electrons. The molecule has 2 aromatic carbocycles. The summed E-state index contributed by atoms with van der Waals surface area (Å²) in [6, 6.07) is 13.8. The van der Waals surface area contributed by atoms with Crippen LogP contribution in [0.15, 0.2) is 65.7 Å². The van der Waals surface area contributed by atoms with Crippen LogP contribution in [0.2, 0.25) is 0 Å². The lowest BCUT2D eigenvalue weighted by Gasteiger charge is -2.19. The number of pyridine rings is 1. The number of hydrogen-bond acceptors (Lipinski definition) is 5. The van der Waals surface area contributed by atoms with Crippen LogP contribution in [0, 0.1) is 11.6 Å². The first-order valence-corrected chi connectivity index (χ1v) is 11.2. The number of ether oxygens (including phenoxy) is 1. The molecule has 0 amide bonds. The third-order valence-electron chi connectivity index (χ3n) is 5.29. The van der Waals surface area contributed by atoms with E-state index in [1.165, 1.54) is 12.3 Å². The standard InChI is InChI=1S/C22H21F2N3O3S/c1-30-21-5-3-2-4-18(21)15-10-11-27(14-15)22-9-7-17(13-25-22)31(28,29)26-16-6-8-19(23)20(24)12-16/h2-9,12-13,15,26H,10-11,14H2,1H3. The van der Waals surface area contributed by atoms with Crippen LogP contribution < -0.4 is 14.4 Å². The lowest BCUT2D eigenvalue weighted by molar-refractivity contribution is 0.406. The van der Waals surface area contributed by atoms with Crippen molar-refractivity contribution in [2.75, 3.05) is 29.8 Å². The fraction of sp³-hybridized carbons (Fsp3) is 0.227. The number of nitrogens with one attached hydrogen (secondary N) is 1. The summed E-state index contributed by atoms with van der Waals surface area (Å²) in [5, 5.41) is 0. The third-order valence-corrected chi connectivity index (χ3v) is 6.66. The maximum absolute atomic E-state index is 13.3. The van der Waals surface area contributed by atoms with Crippen LogP contribution in [0.1, 0.15) is 17.9 Å². The Labute approximate surface area is 179 Å². The maximum Gasteiger partial charge on any atom is 0.263 e. The molecular formula is C22H21F2N3O3S. The predicted molar refractivity (Wildman–Crippen MR) is 114 cm³/mol. The third kappa shape index (κ3) is 4.46. The second-order valence-corrected chi connectivity index (χ2v) is 8.94. The quantitative estimate of drug-likeness (QED) is 0.617. The van der Waals surface area contributed by atoms with Crippen LogP contribution in [-0.2, 0) is 10.0 Å². The maximum atomic E-state index is 13.3. The number of aromatic nitrogens is 1. The molecule has 0 saturated carbocycles. The Morgan fingerprint density at radius 3 is 2.61 bits per heavy atom. The first-order chi connectivity index (χ1) is 14.9. The summed E-state index contributed by atoms with van der Waals surface area (Å²) < 4.78 is 59.2. The molecule has 1 aromatic heterocycles. The SMILES string of the molecule is COc1ccccc1C1CCN(c2ccc(S(=O)(=O)Nc3ccc(F)c(F)c3)cn2)C1. The zero-order valence-corrected chi connectivity index (χ0v) is 17.6. The summed E-state index contributed by atoms with van der Waals surface area (Å²) in [5.74, 6) is -0.369. The van der Waals surface area contributed by atoms with Gasteiger partial charge in [-0.05, 0) is 42.3 Å². The van der Waals surface area contributed by atoms with Crippen LogP contribution >= 0.6 is 0 Å². The fourth-order valence-corrected chi connectivity index (χ4v) is 4.71. The Bertz CT molecular complexity index is 1190. The second-order valence-electron chi connectivity index (χ2n) is 7.26. The molecule has 2 heterocycles. The van der Waals surface area contributed by atoms with Crippen molar-refractivity contribution in [2.24, 2.45) is 0 Å². The highest BCUT2D eigenvalue weighted by molar-refractivity contribution is 7.92. The molecule has 0 aliphatic carbocycles. The number of nitrogens with zero attached hydrogens (tertiary/aromatic N) is 2. The number of methoxy groups -OCH3 is 1. The Hall–Kier alpha value is -3.20. The molecular weight excluding hydrogens is 424 g/mol. The average molecular weight is 445 g/mol. The van der Waals surface area contributed by atoms with E-state index in [4.69, 9.17) is 4.74 Å². The predicted octanol–water partition coefficient (Wildman–Crippen LogP) is 4.16. The number of para-hydroxylation sites is 1. The summed E-state index contributed by atoms with van der Waals surface area (Å²) in [4.78, 5) is 6.34. The van der Waals surface area contributed by atoms with Crippen molar-refractivity contribution in [1.82, 2.24) is 4.98 Å². The van der Waals surface area contributed by atoms with Gasteiger partial charge >= 0.3 is 0 Å². The molecule has 1 fully saturated rings. The molecule has 4 rings (SSSR count). The van der Waals surface area contributed by atoms with Crippen LogP contribution in [0.5, 0.6) is 5.75 Å². The van der Waals surface area contributed by atoms with Gasteiger partial charge in [-0.25, -0.2) is 22.2 Å². The minimum atomic E-state index is -3.98. The van der Waals surface area contributed by atoms with Gasteiger partial charge in [-0.1, -0.05) is 18.2 Å². The largest absolute Gasteiger partial charge is 0.496 e. The molecule has 1 atom stereocenters. The number of halogens is 2. The molecule has 1 N–H and O–H groups in total. The molecule has 6 nitrogen and oxygen atoms in total. The Balaban J connectivity index is 1.47. The fourth-order valence-electron chi connectivity index (χ4n) is 3.72. The van der Waals surface area contributed by atoms with Crippen LogP contribution in [0.25, 0.3) is 0 Å². The first kappa shape index (κ1) is 21.0. The van der Waals surface area contributed by atoms with Crippen molar-refractivity contribution in [3.63, 3.8) is 0 Å². The van der Waals surface area contributed by atoms with E-state index in [1.807, 2.05) is 18.2 Å². The van der Waals surface area contributed by atoms with Crippen LogP contribution in [0.4, 0.5) is 20.3 Å². The smallest absolute Gasteiger partial charge is 0.263 e. The van der Waals surface area contributed by atoms with Gasteiger partial charge in [-0.2, -0.15) is 0 Å². The Kier molecular flexibility index (Phi) is 5.77. The highest BCUT2D eigenvalue weighted by Crippen LogP contribution is 2.35. The van der Waals surface area contributed by atoms with Gasteiger partial charge in [0.2, 0.25) is 0 Å². The molecule has 1 aliphatic rings. The molecule has 1 aliphatic heterocycles. The molecule has 0 bridgehead atoms. The number of benzene rings is 2. The van der Waals surface area contributed by atoms with E-state index in [0.29, 0.717) is 5.82 Å². The summed E-state index contributed by atoms with van der Waals surface area (Å²) in [6.45, 7) is 1.53. The Morgan fingerprint density at radius 2 is 1.90 bits per heavy atom. The van der Waals surface area contributed by atoms with E-state index in [0.717, 1.165) is 49.0 Å². The van der Waals surface area contributed by atoms with E-state index in [2.05, 4.69) is 20.7 Å². The van der Waals surface area contributed by atoms with E-state index in [-0.39, 0.29) is 16.5 Å². The summed E-state index contributed by atoms with van der Waals surface area (Å²) in [5.41, 5.74) is 1.07. The van der Waals surface area contributed by atoms with Crippen molar-refractivity contribution in [1.29, 1.82) is 0 Å². The van der Waals surface area contributed by atoms with E-state index in [9.17, 15) is 17.2 Å². The lowest BCUT2D eigenvalue weighted by Crippen LogP contribution is -2.21. The van der Waals surface area contributed by atoms with E-state index in [1.54, 1.807) is 13.2 Å². The van der Waals surface area contributed by atoms with Gasteiger partial charge < -0.3 is 9.64 Å². The van der Waals surface area contributed by atoms with Gasteiger partial charge in [0, 0.05) is 31.3 Å². The molecule has 31 heavy (non-hydrogen) atoms. The minimum Gasteiger partial charge on any atom is -0.496 e. The normalized spacial score (nSPS) is 16.4. The van der Waals surface area contributed by atoms with Crippen LogP contribution in [0.3, 0.4) is 0 Å². The molecule has 0 radical (unpaired) electrons. The van der Waals surface area contributed by atoms with Gasteiger partial charge in [0.25, 0.3) is 10.0 Å². The minimum absolute atomic E-state index is 0.0674. The van der Waals surface area contributed by atoms with Crippen molar-refractivity contribution in [2.45, 2.75) is 17.2 Å². The molecule has 1 unspecified atom stereocenters. The zero-order valence-electron chi connectivity index (χ0n) is 16.8. The van der Waals surface area contributed by atoms with E-state index >= 15 is 0 Å². The van der Waals surface area contributed by atoms with Gasteiger partial charge in [0.1, 0.15) is 16.5 Å². The highest BCUT2D eigenvalue weighted by atomic mass is 32.2.